The van der Waals surface area contributed by atoms with E-state index in [1.54, 1.807) is 0 Å². The van der Waals surface area contributed by atoms with Crippen LogP contribution in [0, 0.1) is 0 Å². The zero-order chi connectivity index (χ0) is 35.8. The second-order valence-electron chi connectivity index (χ2n) is 15.1. The summed E-state index contributed by atoms with van der Waals surface area (Å²) in [5, 5.41) is 18.9. The fourth-order valence-electron chi connectivity index (χ4n) is 6.22. The van der Waals surface area contributed by atoms with Gasteiger partial charge in [0.25, 0.3) is 0 Å². The zero-order valence-electron chi connectivity index (χ0n) is 33.8. The van der Waals surface area contributed by atoms with Gasteiger partial charge in [-0.15, -0.1) is 0 Å². The molecule has 48 heavy (non-hydrogen) atoms. The first kappa shape index (κ1) is 49.9. The first-order valence-corrected chi connectivity index (χ1v) is 21.2. The van der Waals surface area contributed by atoms with E-state index < -0.39 is 0 Å². The minimum Gasteiger partial charge on any atom is -0.392 e. The van der Waals surface area contributed by atoms with Crippen molar-refractivity contribution in [3.8, 4) is 0 Å². The Morgan fingerprint density at radius 2 is 0.750 bits per heavy atom. The standard InChI is InChI=1S/2C21H45NO2/c1-4-5-6-7-8-9-10-11-12-13-14-15-16-17-18-24-20-21(23)19-22(2)3;1-4-5-6-7-8-9-10-11-12-13-14-15-16-17-18-24-20-22(3)19-21(2)23/h2*21,23H,4-20H2,1-3H3. The number of rotatable bonds is 38. The molecule has 6 nitrogen and oxygen atoms in total. The lowest BCUT2D eigenvalue weighted by Gasteiger charge is -2.18. The molecule has 0 fully saturated rings. The highest BCUT2D eigenvalue weighted by Crippen LogP contribution is 2.14. The van der Waals surface area contributed by atoms with Crippen LogP contribution in [0.4, 0.5) is 0 Å². The maximum Gasteiger partial charge on any atom is 0.0988 e. The number of aliphatic hydroxyl groups is 2. The van der Waals surface area contributed by atoms with Gasteiger partial charge in [-0.3, -0.25) is 4.90 Å². The Kier molecular flexibility index (Phi) is 44.6. The summed E-state index contributed by atoms with van der Waals surface area (Å²) in [6, 6.07) is 0. The van der Waals surface area contributed by atoms with Gasteiger partial charge in [0, 0.05) is 26.3 Å². The fraction of sp³-hybridized carbons (Fsp3) is 1.00. The SMILES string of the molecule is CCCCCCCCCCCCCCCCOCC(O)CN(C)C.CCCCCCCCCCCCCCCCOCN(C)CC(C)O. The van der Waals surface area contributed by atoms with E-state index in [1.807, 2.05) is 37.9 Å². The lowest BCUT2D eigenvalue weighted by atomic mass is 10.0. The third-order valence-electron chi connectivity index (χ3n) is 9.06. The topological polar surface area (TPSA) is 65.4 Å². The number of aliphatic hydroxyl groups excluding tert-OH is 2. The van der Waals surface area contributed by atoms with Crippen molar-refractivity contribution in [1.82, 2.24) is 9.80 Å². The molecule has 6 heteroatoms. The molecule has 0 spiro atoms. The molecule has 0 radical (unpaired) electrons. The molecule has 2 unspecified atom stereocenters. The summed E-state index contributed by atoms with van der Waals surface area (Å²) in [6.07, 6.45) is 38.2. The number of hydrogen-bond donors (Lipinski definition) is 2. The largest absolute Gasteiger partial charge is 0.392 e. The van der Waals surface area contributed by atoms with Crippen molar-refractivity contribution in [2.75, 3.05) is 60.8 Å². The Labute approximate surface area is 302 Å². The second-order valence-corrected chi connectivity index (χ2v) is 15.1. The molecular weight excluding hydrogens is 596 g/mol. The molecule has 0 aliphatic rings. The molecule has 0 rings (SSSR count). The number of ether oxygens (including phenoxy) is 2. The van der Waals surface area contributed by atoms with Gasteiger partial charge in [0.15, 0.2) is 0 Å². The molecular formula is C42H90N2O4. The van der Waals surface area contributed by atoms with Crippen LogP contribution in [0.25, 0.3) is 0 Å². The van der Waals surface area contributed by atoms with Crippen molar-refractivity contribution >= 4 is 0 Å². The molecule has 0 aliphatic heterocycles. The van der Waals surface area contributed by atoms with E-state index in [2.05, 4.69) is 13.8 Å². The smallest absolute Gasteiger partial charge is 0.0988 e. The predicted molar refractivity (Wildman–Crippen MR) is 211 cm³/mol. The predicted octanol–water partition coefficient (Wildman–Crippen LogP) is 11.2. The molecule has 2 atom stereocenters. The van der Waals surface area contributed by atoms with E-state index in [0.717, 1.165) is 19.6 Å². The van der Waals surface area contributed by atoms with Crippen molar-refractivity contribution in [2.24, 2.45) is 0 Å². The van der Waals surface area contributed by atoms with Crippen molar-refractivity contribution in [2.45, 2.75) is 213 Å². The monoisotopic (exact) mass is 687 g/mol. The second kappa shape index (κ2) is 42.9. The van der Waals surface area contributed by atoms with E-state index in [9.17, 15) is 10.2 Å². The van der Waals surface area contributed by atoms with Gasteiger partial charge >= 0.3 is 0 Å². The highest BCUT2D eigenvalue weighted by atomic mass is 16.5. The van der Waals surface area contributed by atoms with Crippen molar-refractivity contribution in [3.05, 3.63) is 0 Å². The third kappa shape index (κ3) is 47.9. The maximum atomic E-state index is 9.67. The van der Waals surface area contributed by atoms with Crippen LogP contribution >= 0.6 is 0 Å². The molecule has 2 N–H and O–H groups in total. The average molecular weight is 687 g/mol. The van der Waals surface area contributed by atoms with Crippen LogP contribution in [0.1, 0.15) is 201 Å². The maximum absolute atomic E-state index is 9.67. The molecule has 0 aromatic heterocycles. The van der Waals surface area contributed by atoms with Gasteiger partial charge < -0.3 is 24.6 Å². The van der Waals surface area contributed by atoms with Gasteiger partial charge in [-0.1, -0.05) is 181 Å². The van der Waals surface area contributed by atoms with Crippen molar-refractivity contribution in [3.63, 3.8) is 0 Å². The Bertz CT molecular complexity index is 516. The van der Waals surface area contributed by atoms with Gasteiger partial charge in [0.2, 0.25) is 0 Å². The first-order valence-electron chi connectivity index (χ1n) is 21.2. The minimum atomic E-state index is -0.355. The van der Waals surface area contributed by atoms with Crippen LogP contribution in [0.15, 0.2) is 0 Å². The number of likely N-dealkylation sites (N-methyl/N-ethyl adjacent to an activating group) is 2. The quantitative estimate of drug-likeness (QED) is 0.0498. The van der Waals surface area contributed by atoms with E-state index in [4.69, 9.17) is 9.47 Å². The molecule has 0 saturated heterocycles. The Morgan fingerprint density at radius 1 is 0.438 bits per heavy atom. The van der Waals surface area contributed by atoms with E-state index >= 15 is 0 Å². The van der Waals surface area contributed by atoms with E-state index in [1.165, 1.54) is 173 Å². The number of unbranched alkanes of at least 4 members (excludes halogenated alkanes) is 26. The van der Waals surface area contributed by atoms with Crippen LogP contribution in [0.5, 0.6) is 0 Å². The van der Waals surface area contributed by atoms with E-state index in [-0.39, 0.29) is 12.2 Å². The van der Waals surface area contributed by atoms with Crippen LogP contribution < -0.4 is 0 Å². The summed E-state index contributed by atoms with van der Waals surface area (Å²) in [4.78, 5) is 4.01. The Balaban J connectivity index is 0. The van der Waals surface area contributed by atoms with Crippen LogP contribution in [0.3, 0.4) is 0 Å². The molecule has 0 aromatic rings. The normalized spacial score (nSPS) is 12.9. The molecule has 0 amide bonds. The molecule has 0 aromatic carbocycles. The third-order valence-corrected chi connectivity index (χ3v) is 9.06. The average Bonchev–Trinajstić information content (AvgIpc) is 3.04. The number of nitrogens with zero attached hydrogens (tertiary/aromatic N) is 2. The fourth-order valence-corrected chi connectivity index (χ4v) is 6.22. The first-order chi connectivity index (χ1) is 23.3. The molecule has 0 heterocycles. The zero-order valence-corrected chi connectivity index (χ0v) is 33.8. The van der Waals surface area contributed by atoms with Gasteiger partial charge in [-0.05, 0) is 40.9 Å². The van der Waals surface area contributed by atoms with Crippen LogP contribution in [-0.2, 0) is 9.47 Å². The lowest BCUT2D eigenvalue weighted by Crippen LogP contribution is -2.29. The summed E-state index contributed by atoms with van der Waals surface area (Å²) < 4.78 is 11.1. The summed E-state index contributed by atoms with van der Waals surface area (Å²) in [5.74, 6) is 0. The van der Waals surface area contributed by atoms with Gasteiger partial charge in [0.05, 0.1) is 25.5 Å². The highest BCUT2D eigenvalue weighted by Gasteiger charge is 2.05. The Hall–Kier alpha value is -0.240. The summed E-state index contributed by atoms with van der Waals surface area (Å²) in [7, 11) is 5.92. The summed E-state index contributed by atoms with van der Waals surface area (Å²) in [6.45, 7) is 10.5. The highest BCUT2D eigenvalue weighted by molar-refractivity contribution is 4.57. The van der Waals surface area contributed by atoms with Crippen LogP contribution in [0.2, 0.25) is 0 Å². The Morgan fingerprint density at radius 3 is 1.06 bits per heavy atom. The lowest BCUT2D eigenvalue weighted by molar-refractivity contribution is 0.0198. The van der Waals surface area contributed by atoms with Gasteiger partial charge in [-0.2, -0.15) is 0 Å². The summed E-state index contributed by atoms with van der Waals surface area (Å²) in [5.41, 5.74) is 0. The number of hydrogen-bond acceptors (Lipinski definition) is 6. The molecule has 0 bridgehead atoms. The molecule has 0 aliphatic carbocycles. The minimum absolute atomic E-state index is 0.278. The molecule has 292 valence electrons. The molecule has 0 saturated carbocycles. The van der Waals surface area contributed by atoms with Gasteiger partial charge in [0.1, 0.15) is 0 Å². The van der Waals surface area contributed by atoms with Crippen molar-refractivity contribution in [1.29, 1.82) is 0 Å². The van der Waals surface area contributed by atoms with Gasteiger partial charge in [-0.25, -0.2) is 0 Å². The van der Waals surface area contributed by atoms with E-state index in [0.29, 0.717) is 26.4 Å². The summed E-state index contributed by atoms with van der Waals surface area (Å²) >= 11 is 0. The van der Waals surface area contributed by atoms with Crippen LogP contribution in [-0.4, -0.2) is 93.0 Å². The van der Waals surface area contributed by atoms with Crippen molar-refractivity contribution < 1.29 is 19.7 Å².